The molecule has 2 aromatic carbocycles. The minimum atomic E-state index is -0.524. The Balaban J connectivity index is 1.98. The summed E-state index contributed by atoms with van der Waals surface area (Å²) in [5, 5.41) is 11.3. The summed E-state index contributed by atoms with van der Waals surface area (Å²) in [4.78, 5) is 2.42. The third-order valence-electron chi connectivity index (χ3n) is 7.86. The average Bonchev–Trinajstić information content (AvgIpc) is 3.15. The first kappa shape index (κ1) is 37.1. The standard InChI is InChI=1S/C38H60O4S2/c1-33(2,3)27-19-25(20-28(31(27)39)34(4,5)6)43-38(15,16)44-26-21-29(35(7,8)9)32(30(22-26)36(10,11)12)40-18-17-24-23-41-37(13,14)42-24/h19-22,24,39H,17-18,23H2,1-16H3. The van der Waals surface area contributed by atoms with E-state index in [-0.39, 0.29) is 31.8 Å². The van der Waals surface area contributed by atoms with E-state index in [0.717, 1.165) is 23.3 Å². The van der Waals surface area contributed by atoms with E-state index >= 15 is 0 Å². The highest BCUT2D eigenvalue weighted by atomic mass is 32.2. The zero-order chi connectivity index (χ0) is 33.7. The number of ether oxygens (including phenoxy) is 3. The Morgan fingerprint density at radius 3 is 1.43 bits per heavy atom. The highest BCUT2D eigenvalue weighted by Crippen LogP contribution is 2.51. The van der Waals surface area contributed by atoms with Crippen molar-refractivity contribution in [2.75, 3.05) is 13.2 Å². The van der Waals surface area contributed by atoms with Crippen LogP contribution < -0.4 is 4.74 Å². The fraction of sp³-hybridized carbons (Fsp3) is 0.684. The molecule has 4 nitrogen and oxygen atoms in total. The van der Waals surface area contributed by atoms with E-state index in [1.807, 2.05) is 37.4 Å². The minimum absolute atomic E-state index is 0.0475. The summed E-state index contributed by atoms with van der Waals surface area (Å²) in [6.07, 6.45) is 0.836. The van der Waals surface area contributed by atoms with Gasteiger partial charge in [0, 0.05) is 38.5 Å². The van der Waals surface area contributed by atoms with Gasteiger partial charge in [0.25, 0.3) is 0 Å². The number of phenolic OH excluding ortho intramolecular Hbond substituents is 1. The van der Waals surface area contributed by atoms with Gasteiger partial charge in [-0.3, -0.25) is 0 Å². The first-order valence-corrected chi connectivity index (χ1v) is 17.7. The second kappa shape index (κ2) is 12.7. The lowest BCUT2D eigenvalue weighted by atomic mass is 9.79. The van der Waals surface area contributed by atoms with E-state index in [9.17, 15) is 5.11 Å². The van der Waals surface area contributed by atoms with Crippen molar-refractivity contribution in [3.8, 4) is 11.5 Å². The molecule has 1 aliphatic heterocycles. The highest BCUT2D eigenvalue weighted by Gasteiger charge is 2.34. The molecule has 0 spiro atoms. The molecule has 0 bridgehead atoms. The summed E-state index contributed by atoms with van der Waals surface area (Å²) in [6, 6.07) is 9.06. The van der Waals surface area contributed by atoms with Gasteiger partial charge in [-0.15, -0.1) is 23.5 Å². The number of rotatable bonds is 8. The summed E-state index contributed by atoms with van der Waals surface area (Å²) in [5.74, 6) is 0.904. The van der Waals surface area contributed by atoms with Crippen LogP contribution in [0.25, 0.3) is 0 Å². The third kappa shape index (κ3) is 9.59. The number of thioether (sulfide) groups is 2. The molecule has 6 heteroatoms. The van der Waals surface area contributed by atoms with Gasteiger partial charge in [0.1, 0.15) is 11.5 Å². The highest BCUT2D eigenvalue weighted by molar-refractivity contribution is 8.18. The third-order valence-corrected chi connectivity index (χ3v) is 10.3. The van der Waals surface area contributed by atoms with Crippen LogP contribution in [0.1, 0.15) is 139 Å². The molecule has 1 atom stereocenters. The quantitative estimate of drug-likeness (QED) is 0.228. The molecular formula is C38H60O4S2. The van der Waals surface area contributed by atoms with Crippen molar-refractivity contribution in [1.29, 1.82) is 0 Å². The molecule has 1 fully saturated rings. The number of aromatic hydroxyl groups is 1. The SMILES string of the molecule is CC1(C)OCC(CCOc2c(C(C)(C)C)cc(SC(C)(C)Sc3cc(C(C)(C)C)c(O)c(C(C)(C)C)c3)cc2C(C)(C)C)O1. The van der Waals surface area contributed by atoms with Crippen molar-refractivity contribution in [3.05, 3.63) is 46.5 Å². The predicted molar refractivity (Wildman–Crippen MR) is 190 cm³/mol. The second-order valence-corrected chi connectivity index (χ2v) is 21.1. The van der Waals surface area contributed by atoms with Gasteiger partial charge in [-0.25, -0.2) is 0 Å². The summed E-state index contributed by atoms with van der Waals surface area (Å²) in [5.41, 5.74) is 3.93. The van der Waals surface area contributed by atoms with Crippen LogP contribution in [-0.4, -0.2) is 34.3 Å². The van der Waals surface area contributed by atoms with Gasteiger partial charge < -0.3 is 19.3 Å². The lowest BCUT2D eigenvalue weighted by Gasteiger charge is -2.33. The van der Waals surface area contributed by atoms with E-state index < -0.39 is 5.79 Å². The van der Waals surface area contributed by atoms with Crippen LogP contribution in [-0.2, 0) is 31.1 Å². The predicted octanol–water partition coefficient (Wildman–Crippen LogP) is 11.1. The largest absolute Gasteiger partial charge is 0.507 e. The van der Waals surface area contributed by atoms with Crippen LogP contribution >= 0.6 is 23.5 Å². The summed E-state index contributed by atoms with van der Waals surface area (Å²) in [6.45, 7) is 36.3. The zero-order valence-corrected chi connectivity index (χ0v) is 32.1. The average molecular weight is 645 g/mol. The van der Waals surface area contributed by atoms with Crippen molar-refractivity contribution in [3.63, 3.8) is 0 Å². The molecular weight excluding hydrogens is 585 g/mol. The molecule has 1 aliphatic rings. The monoisotopic (exact) mass is 644 g/mol. The molecule has 1 saturated heterocycles. The van der Waals surface area contributed by atoms with Crippen molar-refractivity contribution < 1.29 is 19.3 Å². The van der Waals surface area contributed by atoms with Crippen molar-refractivity contribution in [2.24, 2.45) is 0 Å². The first-order valence-electron chi connectivity index (χ1n) is 16.1. The summed E-state index contributed by atoms with van der Waals surface area (Å²) >= 11 is 3.76. The lowest BCUT2D eigenvalue weighted by Crippen LogP contribution is -2.24. The van der Waals surface area contributed by atoms with Crippen LogP contribution in [0.3, 0.4) is 0 Å². The van der Waals surface area contributed by atoms with Gasteiger partial charge >= 0.3 is 0 Å². The van der Waals surface area contributed by atoms with Gasteiger partial charge in [-0.05, 0) is 73.6 Å². The first-order chi connectivity index (χ1) is 19.7. The molecule has 1 heterocycles. The van der Waals surface area contributed by atoms with E-state index in [0.29, 0.717) is 19.0 Å². The number of phenols is 1. The summed E-state index contributed by atoms with van der Waals surface area (Å²) < 4.78 is 18.3. The molecule has 3 rings (SSSR count). The maximum absolute atomic E-state index is 11.3. The Bertz CT molecular complexity index is 1240. The molecule has 44 heavy (non-hydrogen) atoms. The Hall–Kier alpha value is -1.34. The van der Waals surface area contributed by atoms with Crippen LogP contribution in [0.5, 0.6) is 11.5 Å². The normalized spacial score (nSPS) is 18.1. The van der Waals surface area contributed by atoms with E-state index in [4.69, 9.17) is 14.2 Å². The maximum Gasteiger partial charge on any atom is 0.163 e. The fourth-order valence-corrected chi connectivity index (χ4v) is 8.11. The Morgan fingerprint density at radius 1 is 0.705 bits per heavy atom. The van der Waals surface area contributed by atoms with E-state index in [1.54, 1.807) is 0 Å². The van der Waals surface area contributed by atoms with Crippen LogP contribution in [0.4, 0.5) is 0 Å². The van der Waals surface area contributed by atoms with Crippen molar-refractivity contribution in [2.45, 2.75) is 165 Å². The molecule has 1 unspecified atom stereocenters. The Morgan fingerprint density at radius 2 is 1.09 bits per heavy atom. The van der Waals surface area contributed by atoms with E-state index in [1.165, 1.54) is 20.9 Å². The van der Waals surface area contributed by atoms with Crippen LogP contribution in [0, 0.1) is 0 Å². The number of hydrogen-bond acceptors (Lipinski definition) is 6. The zero-order valence-electron chi connectivity index (χ0n) is 30.5. The molecule has 1 N–H and O–H groups in total. The number of benzene rings is 2. The van der Waals surface area contributed by atoms with Gasteiger partial charge in [-0.1, -0.05) is 83.1 Å². The minimum Gasteiger partial charge on any atom is -0.507 e. The van der Waals surface area contributed by atoms with Gasteiger partial charge in [0.2, 0.25) is 0 Å². The molecule has 0 radical (unpaired) electrons. The second-order valence-electron chi connectivity index (χ2n) is 17.4. The molecule has 248 valence electrons. The molecule has 0 amide bonds. The maximum atomic E-state index is 11.3. The smallest absolute Gasteiger partial charge is 0.163 e. The van der Waals surface area contributed by atoms with Gasteiger partial charge in [0.15, 0.2) is 5.79 Å². The van der Waals surface area contributed by atoms with Crippen molar-refractivity contribution >= 4 is 23.5 Å². The topological polar surface area (TPSA) is 47.9 Å². The lowest BCUT2D eigenvalue weighted by molar-refractivity contribution is -0.139. The molecule has 0 aliphatic carbocycles. The van der Waals surface area contributed by atoms with Gasteiger partial charge in [-0.2, -0.15) is 0 Å². The van der Waals surface area contributed by atoms with Gasteiger partial charge in [0.05, 0.1) is 23.4 Å². The Labute approximate surface area is 277 Å². The Kier molecular flexibility index (Phi) is 10.7. The van der Waals surface area contributed by atoms with Crippen molar-refractivity contribution in [1.82, 2.24) is 0 Å². The summed E-state index contributed by atoms with van der Waals surface area (Å²) in [7, 11) is 0. The number of hydrogen-bond donors (Lipinski definition) is 1. The molecule has 0 aromatic heterocycles. The van der Waals surface area contributed by atoms with E-state index in [2.05, 4.69) is 121 Å². The van der Waals surface area contributed by atoms with Crippen LogP contribution in [0.15, 0.2) is 34.1 Å². The molecule has 2 aromatic rings. The van der Waals surface area contributed by atoms with Crippen LogP contribution in [0.2, 0.25) is 0 Å². The fourth-order valence-electron chi connectivity index (χ4n) is 5.53. The molecule has 0 saturated carbocycles.